The lowest BCUT2D eigenvalue weighted by Crippen LogP contribution is -2.03. The van der Waals surface area contributed by atoms with E-state index in [1.165, 1.54) is 6.40 Å². The maximum atomic E-state index is 4.54. The van der Waals surface area contributed by atoms with E-state index in [9.17, 15) is 0 Å². The Morgan fingerprint density at radius 1 is 1.36 bits per heavy atom. The van der Waals surface area contributed by atoms with Crippen LogP contribution in [0.2, 0.25) is 0 Å². The van der Waals surface area contributed by atoms with Crippen LogP contribution in [0.15, 0.2) is 23.6 Å². The molecule has 0 unspecified atom stereocenters. The Labute approximate surface area is 62.5 Å². The summed E-state index contributed by atoms with van der Waals surface area (Å²) in [7, 11) is 0. The molecule has 0 fully saturated rings. The van der Waals surface area contributed by atoms with E-state index in [-0.39, 0.29) is 0 Å². The highest BCUT2D eigenvalue weighted by Gasteiger charge is 2.20. The number of aromatic nitrogens is 2. The average Bonchev–Trinajstić information content (AvgIpc) is 2.58. The van der Waals surface area contributed by atoms with Crippen molar-refractivity contribution >= 4 is 12.2 Å². The van der Waals surface area contributed by atoms with Crippen LogP contribution in [0.4, 0.5) is 0 Å². The van der Waals surface area contributed by atoms with Crippen LogP contribution in [-0.4, -0.2) is 22.2 Å². The third-order valence-corrected chi connectivity index (χ3v) is 1.15. The topological polar surface area (TPSA) is 61.5 Å². The largest absolute Gasteiger partial charge is 0.441 e. The van der Waals surface area contributed by atoms with Gasteiger partial charge in [-0.15, -0.1) is 0 Å². The van der Waals surface area contributed by atoms with E-state index in [0.29, 0.717) is 11.5 Å². The molecule has 0 N–H and O–H groups in total. The number of rotatable bonds is 1. The smallest absolute Gasteiger partial charge is 0.261 e. The van der Waals surface area contributed by atoms with Gasteiger partial charge in [0.25, 0.3) is 0 Å². The highest BCUT2D eigenvalue weighted by atomic mass is 16.6. The number of hydrogen-bond acceptors (Lipinski definition) is 5. The van der Waals surface area contributed by atoms with Gasteiger partial charge in [0.1, 0.15) is 0 Å². The van der Waals surface area contributed by atoms with Crippen LogP contribution < -0.4 is 5.16 Å². The summed E-state index contributed by atoms with van der Waals surface area (Å²) >= 11 is 0. The fraction of sp³-hybridized carbons (Fsp3) is 0. The highest BCUT2D eigenvalue weighted by molar-refractivity contribution is 6.01. The number of hydrogen-bond donors (Lipinski definition) is 0. The van der Waals surface area contributed by atoms with Crippen molar-refractivity contribution in [3.05, 3.63) is 24.3 Å². The van der Waals surface area contributed by atoms with Gasteiger partial charge < -0.3 is 0 Å². The maximum Gasteiger partial charge on any atom is 0.441 e. The minimum absolute atomic E-state index is 0.457. The van der Waals surface area contributed by atoms with E-state index in [1.54, 1.807) is 18.6 Å². The molecule has 1 aliphatic rings. The van der Waals surface area contributed by atoms with E-state index in [0.717, 1.165) is 0 Å². The Morgan fingerprint density at radius 2 is 2.36 bits per heavy atom. The molecule has 0 saturated carbocycles. The zero-order valence-electron chi connectivity index (χ0n) is 5.51. The zero-order valence-corrected chi connectivity index (χ0v) is 5.51. The van der Waals surface area contributed by atoms with Crippen LogP contribution >= 0.6 is 0 Å². The first-order valence-corrected chi connectivity index (χ1v) is 2.99. The average molecular weight is 148 g/mol. The van der Waals surface area contributed by atoms with Gasteiger partial charge >= 0.3 is 12.2 Å². The molecule has 1 radical (unpaired) electrons. The van der Waals surface area contributed by atoms with Gasteiger partial charge in [0.2, 0.25) is 0 Å². The van der Waals surface area contributed by atoms with Gasteiger partial charge in [-0.25, -0.2) is 9.82 Å². The Morgan fingerprint density at radius 3 is 3.00 bits per heavy atom. The molecule has 0 aromatic carbocycles. The summed E-state index contributed by atoms with van der Waals surface area (Å²) in [6.07, 6.45) is 5.99. The molecule has 2 heterocycles. The second-order valence-electron chi connectivity index (χ2n) is 1.85. The lowest BCUT2D eigenvalue weighted by molar-refractivity contribution is 0.292. The van der Waals surface area contributed by atoms with Gasteiger partial charge in [-0.05, 0) is 0 Å². The quantitative estimate of drug-likeness (QED) is 0.541. The van der Waals surface area contributed by atoms with Crippen molar-refractivity contribution in [3.8, 4) is 0 Å². The fourth-order valence-corrected chi connectivity index (χ4v) is 0.698. The predicted octanol–water partition coefficient (Wildman–Crippen LogP) is -0.468. The van der Waals surface area contributed by atoms with Gasteiger partial charge in [-0.3, -0.25) is 4.98 Å². The summed E-state index contributed by atoms with van der Waals surface area (Å²) in [5.74, 6) is 0.457. The van der Waals surface area contributed by atoms with Gasteiger partial charge in [-0.2, -0.15) is 0 Å². The summed E-state index contributed by atoms with van der Waals surface area (Å²) < 4.78 is 0. The number of amidine groups is 1. The summed E-state index contributed by atoms with van der Waals surface area (Å²) in [6, 6.07) is 0. The summed E-state index contributed by atoms with van der Waals surface area (Å²) in [4.78, 5) is 16.2. The van der Waals surface area contributed by atoms with Gasteiger partial charge in [0, 0.05) is 17.4 Å². The summed E-state index contributed by atoms with van der Waals surface area (Å²) in [6.45, 7) is 0. The molecule has 5 heteroatoms. The molecule has 0 saturated heterocycles. The fourth-order valence-electron chi connectivity index (χ4n) is 0.698. The third kappa shape index (κ3) is 1.07. The number of oxime groups is 1. The van der Waals surface area contributed by atoms with Crippen molar-refractivity contribution in [2.24, 2.45) is 4.99 Å². The molecule has 2 rings (SSSR count). The summed E-state index contributed by atoms with van der Waals surface area (Å²) in [5.41, 5.74) is 0.612. The molecule has 53 valence electrons. The summed E-state index contributed by atoms with van der Waals surface area (Å²) in [5, 5.41) is 3.60. The molecule has 0 amide bonds. The first-order valence-electron chi connectivity index (χ1n) is 2.99. The highest BCUT2D eigenvalue weighted by Crippen LogP contribution is 1.94. The Balaban J connectivity index is 2.37. The zero-order chi connectivity index (χ0) is 7.52. The maximum absolute atomic E-state index is 4.54. The Kier molecular flexibility index (Phi) is 1.33. The van der Waals surface area contributed by atoms with Crippen molar-refractivity contribution in [1.29, 1.82) is 0 Å². The van der Waals surface area contributed by atoms with Crippen molar-refractivity contribution in [2.45, 2.75) is 0 Å². The first-order chi connectivity index (χ1) is 5.47. The third-order valence-electron chi connectivity index (χ3n) is 1.15. The SMILES string of the molecule is C1=NC(c2cnccn2)=[N+]O1. The van der Waals surface area contributed by atoms with Crippen LogP contribution in [-0.2, 0) is 4.84 Å². The number of nitrogens with zero attached hydrogens (tertiary/aromatic N) is 4. The van der Waals surface area contributed by atoms with E-state index < -0.39 is 0 Å². The molecule has 1 aromatic heterocycles. The van der Waals surface area contributed by atoms with Crippen LogP contribution in [0.1, 0.15) is 5.69 Å². The Bertz CT molecular complexity index is 306. The van der Waals surface area contributed by atoms with Gasteiger partial charge in [0.15, 0.2) is 10.8 Å². The van der Waals surface area contributed by atoms with Crippen LogP contribution in [0.3, 0.4) is 0 Å². The second-order valence-corrected chi connectivity index (χ2v) is 1.85. The van der Waals surface area contributed by atoms with E-state index in [4.69, 9.17) is 0 Å². The molecular weight excluding hydrogens is 144 g/mol. The second kappa shape index (κ2) is 2.45. The van der Waals surface area contributed by atoms with Crippen LogP contribution in [0, 0.1) is 0 Å². The molecule has 1 aliphatic heterocycles. The normalized spacial score (nSPS) is 14.4. The number of aliphatic imine (C=N–C) groups is 1. The van der Waals surface area contributed by atoms with Crippen molar-refractivity contribution in [3.63, 3.8) is 0 Å². The van der Waals surface area contributed by atoms with Gasteiger partial charge in [0.05, 0.1) is 6.20 Å². The molecular formula is C6H4N4O+. The monoisotopic (exact) mass is 148 g/mol. The van der Waals surface area contributed by atoms with E-state index >= 15 is 0 Å². The van der Waals surface area contributed by atoms with Crippen molar-refractivity contribution in [2.75, 3.05) is 0 Å². The molecule has 0 aliphatic carbocycles. The molecule has 1 aromatic rings. The molecule has 11 heavy (non-hydrogen) atoms. The minimum Gasteiger partial charge on any atom is -0.261 e. The standard InChI is InChI=1S/C6H4N4O/c1-2-8-5(3-7-1)6-9-4-11-10-6/h1-4H/q+1. The van der Waals surface area contributed by atoms with Crippen LogP contribution in [0.5, 0.6) is 0 Å². The lowest BCUT2D eigenvalue weighted by Gasteiger charge is -1.82. The molecule has 5 nitrogen and oxygen atoms in total. The minimum atomic E-state index is 0.457. The first kappa shape index (κ1) is 5.96. The Hall–Kier alpha value is -1.78. The van der Waals surface area contributed by atoms with Crippen molar-refractivity contribution in [1.82, 2.24) is 15.1 Å². The lowest BCUT2D eigenvalue weighted by atomic mass is 10.4. The molecule has 0 atom stereocenters. The van der Waals surface area contributed by atoms with E-state index in [2.05, 4.69) is 25.0 Å². The van der Waals surface area contributed by atoms with Crippen LogP contribution in [0.25, 0.3) is 0 Å². The van der Waals surface area contributed by atoms with Gasteiger partial charge in [-0.1, -0.05) is 0 Å². The molecule has 0 spiro atoms. The van der Waals surface area contributed by atoms with Crippen molar-refractivity contribution < 1.29 is 4.84 Å². The van der Waals surface area contributed by atoms with E-state index in [1.807, 2.05) is 0 Å². The molecule has 0 bridgehead atoms. The predicted molar refractivity (Wildman–Crippen MR) is 37.9 cm³/mol.